The van der Waals surface area contributed by atoms with E-state index in [4.69, 9.17) is 5.11 Å². The molecule has 0 saturated heterocycles. The maximum absolute atomic E-state index is 11.0. The molecule has 1 heterocycles. The molecule has 0 spiro atoms. The summed E-state index contributed by atoms with van der Waals surface area (Å²) in [5.74, 6) is -0.562. The van der Waals surface area contributed by atoms with Crippen molar-refractivity contribution in [1.29, 1.82) is 5.26 Å². The van der Waals surface area contributed by atoms with Gasteiger partial charge < -0.3 is 10.0 Å². The van der Waals surface area contributed by atoms with Gasteiger partial charge in [0.2, 0.25) is 0 Å². The lowest BCUT2D eigenvalue weighted by Crippen LogP contribution is -2.32. The summed E-state index contributed by atoms with van der Waals surface area (Å²) in [6.45, 7) is 6.23. The van der Waals surface area contributed by atoms with Crippen molar-refractivity contribution in [2.45, 2.75) is 40.0 Å². The molecule has 1 rings (SSSR count). The molecule has 0 aromatic carbocycles. The molecule has 1 aromatic rings. The summed E-state index contributed by atoms with van der Waals surface area (Å²) in [5.41, 5.74) is 2.13. The lowest BCUT2D eigenvalue weighted by Gasteiger charge is -2.23. The number of aliphatic carboxylic acids is 1. The Morgan fingerprint density at radius 1 is 1.30 bits per heavy atom. The molecule has 0 amide bonds. The fourth-order valence-corrected chi connectivity index (χ4v) is 2.19. The SMILES string of the molecule is CCCN(CC(=O)O)c1nnc(CC)c(CC)c1C#N. The van der Waals surface area contributed by atoms with Crippen molar-refractivity contribution in [3.05, 3.63) is 16.8 Å². The highest BCUT2D eigenvalue weighted by Crippen LogP contribution is 2.23. The number of nitrogens with zero attached hydrogens (tertiary/aromatic N) is 4. The molecule has 6 nitrogen and oxygen atoms in total. The Balaban J connectivity index is 3.34. The average Bonchev–Trinajstić information content (AvgIpc) is 2.44. The summed E-state index contributed by atoms with van der Waals surface area (Å²) in [6.07, 6.45) is 2.16. The highest BCUT2D eigenvalue weighted by Gasteiger charge is 2.20. The summed E-state index contributed by atoms with van der Waals surface area (Å²) in [7, 11) is 0. The zero-order chi connectivity index (χ0) is 15.1. The number of carboxylic acids is 1. The molecule has 0 aliphatic carbocycles. The van der Waals surface area contributed by atoms with Gasteiger partial charge >= 0.3 is 5.97 Å². The highest BCUT2D eigenvalue weighted by atomic mass is 16.4. The third kappa shape index (κ3) is 3.44. The second-order valence-electron chi connectivity index (χ2n) is 4.46. The first-order valence-electron chi connectivity index (χ1n) is 6.84. The maximum atomic E-state index is 11.0. The molecule has 0 bridgehead atoms. The molecule has 6 heteroatoms. The van der Waals surface area contributed by atoms with Crippen molar-refractivity contribution in [3.8, 4) is 6.07 Å². The van der Waals surface area contributed by atoms with E-state index in [-0.39, 0.29) is 6.54 Å². The first-order valence-corrected chi connectivity index (χ1v) is 6.84. The van der Waals surface area contributed by atoms with Gasteiger partial charge in [-0.1, -0.05) is 20.8 Å². The van der Waals surface area contributed by atoms with E-state index in [1.807, 2.05) is 20.8 Å². The van der Waals surface area contributed by atoms with E-state index in [1.165, 1.54) is 0 Å². The molecule has 0 unspecified atom stereocenters. The van der Waals surface area contributed by atoms with Crippen LogP contribution in [-0.4, -0.2) is 34.4 Å². The molecule has 108 valence electrons. The summed E-state index contributed by atoms with van der Waals surface area (Å²) in [5, 5.41) is 26.6. The van der Waals surface area contributed by atoms with E-state index >= 15 is 0 Å². The van der Waals surface area contributed by atoms with Gasteiger partial charge in [-0.15, -0.1) is 5.10 Å². The predicted octanol–water partition coefficient (Wildman–Crippen LogP) is 1.77. The van der Waals surface area contributed by atoms with Crippen LogP contribution in [0.4, 0.5) is 5.82 Å². The number of hydrogen-bond acceptors (Lipinski definition) is 5. The molecular formula is C14H20N4O2. The Hall–Kier alpha value is -2.16. The van der Waals surface area contributed by atoms with Crippen LogP contribution in [0.2, 0.25) is 0 Å². The van der Waals surface area contributed by atoms with Gasteiger partial charge in [-0.25, -0.2) is 0 Å². The maximum Gasteiger partial charge on any atom is 0.323 e. The topological polar surface area (TPSA) is 90.1 Å². The Bertz CT molecular complexity index is 523. The van der Waals surface area contributed by atoms with Gasteiger partial charge in [-0.05, 0) is 24.8 Å². The van der Waals surface area contributed by atoms with Crippen LogP contribution in [0.25, 0.3) is 0 Å². The minimum atomic E-state index is -0.943. The molecule has 0 aliphatic rings. The smallest absolute Gasteiger partial charge is 0.323 e. The molecule has 0 fully saturated rings. The monoisotopic (exact) mass is 276 g/mol. The van der Waals surface area contributed by atoms with Crippen LogP contribution in [-0.2, 0) is 17.6 Å². The van der Waals surface area contributed by atoms with Gasteiger partial charge in [-0.2, -0.15) is 10.4 Å². The fourth-order valence-electron chi connectivity index (χ4n) is 2.19. The third-order valence-corrected chi connectivity index (χ3v) is 3.06. The minimum Gasteiger partial charge on any atom is -0.480 e. The number of anilines is 1. The van der Waals surface area contributed by atoms with Crippen LogP contribution in [0, 0.1) is 11.3 Å². The van der Waals surface area contributed by atoms with Gasteiger partial charge in [0.1, 0.15) is 18.2 Å². The minimum absolute atomic E-state index is 0.175. The number of rotatable bonds is 7. The summed E-state index contributed by atoms with van der Waals surface area (Å²) in [6, 6.07) is 2.16. The first-order chi connectivity index (χ1) is 9.58. The van der Waals surface area contributed by atoms with Crippen LogP contribution in [0.5, 0.6) is 0 Å². The Labute approximate surface area is 119 Å². The Morgan fingerprint density at radius 2 is 2.00 bits per heavy atom. The number of aryl methyl sites for hydroxylation is 1. The van der Waals surface area contributed by atoms with Crippen LogP contribution in [0.15, 0.2) is 0 Å². The number of carboxylic acid groups (broad SMARTS) is 1. The summed E-state index contributed by atoms with van der Waals surface area (Å²) >= 11 is 0. The predicted molar refractivity (Wildman–Crippen MR) is 75.6 cm³/mol. The zero-order valence-corrected chi connectivity index (χ0v) is 12.2. The standard InChI is InChI=1S/C14H20N4O2/c1-4-7-18(9-13(19)20)14-11(8-15)10(5-2)12(6-3)16-17-14/h4-7,9H2,1-3H3,(H,19,20). The lowest BCUT2D eigenvalue weighted by atomic mass is 10.0. The molecule has 0 radical (unpaired) electrons. The molecular weight excluding hydrogens is 256 g/mol. The summed E-state index contributed by atoms with van der Waals surface area (Å²) < 4.78 is 0. The number of carbonyl (C=O) groups is 1. The first kappa shape index (κ1) is 15.9. The van der Waals surface area contributed by atoms with Crippen molar-refractivity contribution < 1.29 is 9.90 Å². The zero-order valence-electron chi connectivity index (χ0n) is 12.2. The molecule has 1 N–H and O–H groups in total. The van der Waals surface area contributed by atoms with E-state index in [1.54, 1.807) is 4.90 Å². The third-order valence-electron chi connectivity index (χ3n) is 3.06. The van der Waals surface area contributed by atoms with Crippen molar-refractivity contribution in [3.63, 3.8) is 0 Å². The van der Waals surface area contributed by atoms with Gasteiger partial charge in [0.25, 0.3) is 0 Å². The largest absolute Gasteiger partial charge is 0.480 e. The van der Waals surface area contributed by atoms with E-state index in [0.717, 1.165) is 17.7 Å². The van der Waals surface area contributed by atoms with Gasteiger partial charge in [-0.3, -0.25) is 4.79 Å². The molecule has 0 saturated carbocycles. The van der Waals surface area contributed by atoms with E-state index < -0.39 is 5.97 Å². The van der Waals surface area contributed by atoms with Gasteiger partial charge in [0.15, 0.2) is 5.82 Å². The van der Waals surface area contributed by atoms with E-state index in [2.05, 4.69) is 16.3 Å². The number of hydrogen-bond donors (Lipinski definition) is 1. The molecule has 1 aromatic heterocycles. The van der Waals surface area contributed by atoms with Crippen LogP contribution in [0.1, 0.15) is 44.0 Å². The van der Waals surface area contributed by atoms with Crippen molar-refractivity contribution in [2.24, 2.45) is 0 Å². The molecule has 20 heavy (non-hydrogen) atoms. The summed E-state index contributed by atoms with van der Waals surface area (Å²) in [4.78, 5) is 12.6. The molecule has 0 aliphatic heterocycles. The molecule has 0 atom stereocenters. The van der Waals surface area contributed by atoms with Crippen LogP contribution >= 0.6 is 0 Å². The lowest BCUT2D eigenvalue weighted by molar-refractivity contribution is -0.135. The van der Waals surface area contributed by atoms with Crippen molar-refractivity contribution in [2.75, 3.05) is 18.0 Å². The fraction of sp³-hybridized carbons (Fsp3) is 0.571. The van der Waals surface area contributed by atoms with E-state index in [0.29, 0.717) is 30.8 Å². The van der Waals surface area contributed by atoms with Crippen molar-refractivity contribution in [1.82, 2.24) is 10.2 Å². The van der Waals surface area contributed by atoms with Crippen LogP contribution < -0.4 is 4.90 Å². The number of aromatic nitrogens is 2. The van der Waals surface area contributed by atoms with Gasteiger partial charge in [0.05, 0.1) is 5.69 Å². The normalized spacial score (nSPS) is 10.1. The van der Waals surface area contributed by atoms with E-state index in [9.17, 15) is 10.1 Å². The second-order valence-corrected chi connectivity index (χ2v) is 4.46. The second kappa shape index (κ2) is 7.43. The quantitative estimate of drug-likeness (QED) is 0.816. The van der Waals surface area contributed by atoms with Gasteiger partial charge in [0, 0.05) is 6.54 Å². The highest BCUT2D eigenvalue weighted by molar-refractivity contribution is 5.74. The average molecular weight is 276 g/mol. The Kier molecular flexibility index (Phi) is 5.91. The van der Waals surface area contributed by atoms with Crippen LogP contribution in [0.3, 0.4) is 0 Å². The van der Waals surface area contributed by atoms with Crippen molar-refractivity contribution >= 4 is 11.8 Å². The number of nitriles is 1. The Morgan fingerprint density at radius 3 is 2.45 bits per heavy atom.